The van der Waals surface area contributed by atoms with Gasteiger partial charge in [0.25, 0.3) is 0 Å². The number of esters is 1. The molecule has 0 atom stereocenters. The number of benzene rings is 1. The Balaban J connectivity index is 1.88. The average Bonchev–Trinajstić information content (AvgIpc) is 2.82. The van der Waals surface area contributed by atoms with E-state index in [9.17, 15) is 4.79 Å². The summed E-state index contributed by atoms with van der Waals surface area (Å²) in [6.45, 7) is 0.379. The molecule has 3 nitrogen and oxygen atoms in total. The number of carbonyl (C=O) groups excluding carboxylic acids is 1. The summed E-state index contributed by atoms with van der Waals surface area (Å²) >= 11 is 1.64. The van der Waals surface area contributed by atoms with Crippen molar-refractivity contribution >= 4 is 23.0 Å². The van der Waals surface area contributed by atoms with Gasteiger partial charge in [-0.15, -0.1) is 0 Å². The lowest BCUT2D eigenvalue weighted by Gasteiger charge is -2.05. The highest BCUT2D eigenvalue weighted by molar-refractivity contribution is 7.07. The second kappa shape index (κ2) is 5.50. The van der Waals surface area contributed by atoms with Crippen molar-refractivity contribution in [2.24, 2.45) is 0 Å². The zero-order valence-electron chi connectivity index (χ0n) is 9.26. The zero-order valence-corrected chi connectivity index (χ0v) is 10.1. The molecule has 0 aliphatic carbocycles. The van der Waals surface area contributed by atoms with Gasteiger partial charge in [-0.25, -0.2) is 4.79 Å². The van der Waals surface area contributed by atoms with Gasteiger partial charge in [0, 0.05) is 12.1 Å². The van der Waals surface area contributed by atoms with E-state index in [1.807, 2.05) is 16.8 Å². The minimum atomic E-state index is -0.363. The Morgan fingerprint density at radius 1 is 1.29 bits per heavy atom. The summed E-state index contributed by atoms with van der Waals surface area (Å²) < 4.78 is 5.17. The highest BCUT2D eigenvalue weighted by atomic mass is 32.1. The lowest BCUT2D eigenvalue weighted by Crippen LogP contribution is -2.10. The molecule has 4 heteroatoms. The van der Waals surface area contributed by atoms with Gasteiger partial charge in [-0.3, -0.25) is 0 Å². The molecule has 0 radical (unpaired) electrons. The van der Waals surface area contributed by atoms with Crippen molar-refractivity contribution < 1.29 is 9.53 Å². The minimum absolute atomic E-state index is 0.363. The molecule has 0 saturated carbocycles. The molecular formula is C13H13NO2S. The Bertz CT molecular complexity index is 494. The van der Waals surface area contributed by atoms with Crippen LogP contribution in [0.3, 0.4) is 0 Å². The monoisotopic (exact) mass is 247 g/mol. The molecule has 17 heavy (non-hydrogen) atoms. The quantitative estimate of drug-likeness (QED) is 0.667. The summed E-state index contributed by atoms with van der Waals surface area (Å²) in [5.74, 6) is -0.363. The maximum Gasteiger partial charge on any atom is 0.340 e. The lowest BCUT2D eigenvalue weighted by molar-refractivity contribution is 0.0510. The summed E-state index contributed by atoms with van der Waals surface area (Å²) in [4.78, 5) is 11.7. The largest absolute Gasteiger partial charge is 0.462 e. The van der Waals surface area contributed by atoms with E-state index in [1.165, 1.54) is 5.56 Å². The third-order valence-corrected chi connectivity index (χ3v) is 3.12. The predicted molar refractivity (Wildman–Crippen MR) is 69.2 cm³/mol. The fraction of sp³-hybridized carbons (Fsp3) is 0.154. The Labute approximate surface area is 104 Å². The molecule has 0 fully saturated rings. The van der Waals surface area contributed by atoms with Crippen LogP contribution in [0.5, 0.6) is 0 Å². The average molecular weight is 247 g/mol. The molecule has 2 rings (SSSR count). The second-order valence-electron chi connectivity index (χ2n) is 3.60. The normalized spacial score (nSPS) is 10.1. The molecule has 0 aliphatic rings. The molecule has 1 aromatic heterocycles. The van der Waals surface area contributed by atoms with Crippen LogP contribution in [0.15, 0.2) is 41.1 Å². The molecule has 0 saturated heterocycles. The summed E-state index contributed by atoms with van der Waals surface area (Å²) in [5, 5.41) is 4.05. The first-order valence-corrected chi connectivity index (χ1v) is 6.24. The highest BCUT2D eigenvalue weighted by Crippen LogP contribution is 2.12. The van der Waals surface area contributed by atoms with E-state index in [1.54, 1.807) is 35.6 Å². The maximum absolute atomic E-state index is 11.7. The summed E-state index contributed by atoms with van der Waals surface area (Å²) in [6, 6.07) is 8.94. The van der Waals surface area contributed by atoms with E-state index in [0.29, 0.717) is 17.9 Å². The number of rotatable bonds is 4. The first-order chi connectivity index (χ1) is 8.27. The highest BCUT2D eigenvalue weighted by Gasteiger charge is 2.09. The van der Waals surface area contributed by atoms with Crippen molar-refractivity contribution in [1.29, 1.82) is 0 Å². The van der Waals surface area contributed by atoms with Gasteiger partial charge in [0.1, 0.15) is 0 Å². The van der Waals surface area contributed by atoms with Crippen LogP contribution in [-0.4, -0.2) is 12.6 Å². The lowest BCUT2D eigenvalue weighted by atomic mass is 10.2. The van der Waals surface area contributed by atoms with Crippen LogP contribution in [0.4, 0.5) is 5.69 Å². The van der Waals surface area contributed by atoms with Gasteiger partial charge in [0.05, 0.1) is 12.2 Å². The van der Waals surface area contributed by atoms with Crippen LogP contribution in [0.1, 0.15) is 15.9 Å². The zero-order chi connectivity index (χ0) is 12.1. The predicted octanol–water partition coefficient (Wildman–Crippen LogP) is 2.73. The Morgan fingerprint density at radius 3 is 2.82 bits per heavy atom. The van der Waals surface area contributed by atoms with Gasteiger partial charge in [0.2, 0.25) is 0 Å². The smallest absolute Gasteiger partial charge is 0.340 e. The molecule has 0 spiro atoms. The first kappa shape index (κ1) is 11.7. The second-order valence-corrected chi connectivity index (χ2v) is 4.38. The van der Waals surface area contributed by atoms with Crippen molar-refractivity contribution in [1.82, 2.24) is 0 Å². The number of hydrogen-bond donors (Lipinski definition) is 1. The molecule has 0 bridgehead atoms. The van der Waals surface area contributed by atoms with Gasteiger partial charge < -0.3 is 10.5 Å². The Kier molecular flexibility index (Phi) is 3.77. The fourth-order valence-electron chi connectivity index (χ4n) is 1.46. The standard InChI is InChI=1S/C13H13NO2S/c14-12-4-2-1-3-11(12)13(15)16-7-5-10-6-8-17-9-10/h1-4,6,8-9H,5,7,14H2. The molecule has 1 aromatic carbocycles. The van der Waals surface area contributed by atoms with Crippen LogP contribution in [0.25, 0.3) is 0 Å². The molecule has 0 unspecified atom stereocenters. The van der Waals surface area contributed by atoms with Gasteiger partial charge in [-0.1, -0.05) is 12.1 Å². The van der Waals surface area contributed by atoms with Gasteiger partial charge in [0.15, 0.2) is 0 Å². The molecule has 2 aromatic rings. The summed E-state index contributed by atoms with van der Waals surface area (Å²) in [7, 11) is 0. The number of para-hydroxylation sites is 1. The van der Waals surface area contributed by atoms with Crippen LogP contribution >= 0.6 is 11.3 Å². The number of hydrogen-bond acceptors (Lipinski definition) is 4. The van der Waals surface area contributed by atoms with Gasteiger partial charge in [-0.2, -0.15) is 11.3 Å². The molecule has 88 valence electrons. The van der Waals surface area contributed by atoms with E-state index < -0.39 is 0 Å². The number of ether oxygens (including phenoxy) is 1. The van der Waals surface area contributed by atoms with E-state index in [2.05, 4.69) is 0 Å². The van der Waals surface area contributed by atoms with E-state index in [0.717, 1.165) is 6.42 Å². The van der Waals surface area contributed by atoms with Crippen LogP contribution in [0.2, 0.25) is 0 Å². The van der Waals surface area contributed by atoms with Crippen molar-refractivity contribution in [2.75, 3.05) is 12.3 Å². The number of nitrogens with two attached hydrogens (primary N) is 1. The van der Waals surface area contributed by atoms with E-state index in [-0.39, 0.29) is 5.97 Å². The molecular weight excluding hydrogens is 234 g/mol. The molecule has 0 aliphatic heterocycles. The molecule has 1 heterocycles. The number of thiophene rings is 1. The van der Waals surface area contributed by atoms with E-state index in [4.69, 9.17) is 10.5 Å². The van der Waals surface area contributed by atoms with E-state index >= 15 is 0 Å². The molecule has 2 N–H and O–H groups in total. The third-order valence-electron chi connectivity index (χ3n) is 2.38. The van der Waals surface area contributed by atoms with Crippen molar-refractivity contribution in [3.63, 3.8) is 0 Å². The number of anilines is 1. The maximum atomic E-state index is 11.7. The number of nitrogen functional groups attached to an aromatic ring is 1. The summed E-state index contributed by atoms with van der Waals surface area (Å²) in [6.07, 6.45) is 0.738. The van der Waals surface area contributed by atoms with Crippen molar-refractivity contribution in [3.05, 3.63) is 52.2 Å². The van der Waals surface area contributed by atoms with Crippen molar-refractivity contribution in [2.45, 2.75) is 6.42 Å². The third kappa shape index (κ3) is 3.07. The number of carbonyl (C=O) groups is 1. The SMILES string of the molecule is Nc1ccccc1C(=O)OCCc1ccsc1. The Morgan fingerprint density at radius 2 is 2.12 bits per heavy atom. The summed E-state index contributed by atoms with van der Waals surface area (Å²) in [5.41, 5.74) is 7.75. The van der Waals surface area contributed by atoms with Crippen molar-refractivity contribution in [3.8, 4) is 0 Å². The van der Waals surface area contributed by atoms with Crippen LogP contribution in [0, 0.1) is 0 Å². The van der Waals surface area contributed by atoms with Crippen LogP contribution in [-0.2, 0) is 11.2 Å². The van der Waals surface area contributed by atoms with Gasteiger partial charge in [-0.05, 0) is 34.5 Å². The topological polar surface area (TPSA) is 52.3 Å². The Hall–Kier alpha value is -1.81. The van der Waals surface area contributed by atoms with Crippen LogP contribution < -0.4 is 5.73 Å². The fourth-order valence-corrected chi connectivity index (χ4v) is 2.16. The molecule has 0 amide bonds. The van der Waals surface area contributed by atoms with Gasteiger partial charge >= 0.3 is 5.97 Å². The minimum Gasteiger partial charge on any atom is -0.462 e. The first-order valence-electron chi connectivity index (χ1n) is 5.30.